The second kappa shape index (κ2) is 11.0. The second-order valence-corrected chi connectivity index (χ2v) is 6.99. The maximum atomic E-state index is 13.7. The molecule has 0 atom stereocenters. The van der Waals surface area contributed by atoms with Crippen molar-refractivity contribution in [3.05, 3.63) is 94.5 Å². The third-order valence-corrected chi connectivity index (χ3v) is 4.53. The minimum atomic E-state index is -0.942. The van der Waals surface area contributed by atoms with E-state index >= 15 is 0 Å². The number of nitrogens with one attached hydrogen (secondary N) is 3. The second-order valence-electron chi connectivity index (χ2n) is 6.55. The van der Waals surface area contributed by atoms with E-state index in [1.807, 2.05) is 30.3 Å². The monoisotopic (exact) mass is 456 g/mol. The van der Waals surface area contributed by atoms with Crippen molar-refractivity contribution >= 4 is 35.1 Å². The highest BCUT2D eigenvalue weighted by Crippen LogP contribution is 2.24. The van der Waals surface area contributed by atoms with Crippen molar-refractivity contribution in [3.63, 3.8) is 0 Å². The van der Waals surface area contributed by atoms with Crippen LogP contribution in [-0.4, -0.2) is 17.8 Å². The summed E-state index contributed by atoms with van der Waals surface area (Å²) in [6, 6.07) is 17.9. The molecule has 0 heterocycles. The molecule has 3 aromatic carbocycles. The van der Waals surface area contributed by atoms with Gasteiger partial charge in [0.1, 0.15) is 29.7 Å². The first-order valence-corrected chi connectivity index (χ1v) is 9.87. The minimum absolute atomic E-state index is 0.128. The molecule has 0 aromatic heterocycles. The summed E-state index contributed by atoms with van der Waals surface area (Å²) in [5.41, 5.74) is 3.34. The van der Waals surface area contributed by atoms with Gasteiger partial charge in [-0.25, -0.2) is 8.78 Å². The number of hydrogen-bond acceptors (Lipinski definition) is 5. The van der Waals surface area contributed by atoms with Crippen molar-refractivity contribution in [1.29, 1.82) is 5.41 Å². The van der Waals surface area contributed by atoms with Crippen LogP contribution in [0.3, 0.4) is 0 Å². The van der Waals surface area contributed by atoms with Gasteiger partial charge >= 0.3 is 0 Å². The number of hydrogen-bond donors (Lipinski definition) is 3. The number of carbonyl (C=O) groups excluding carboxylic acids is 1. The van der Waals surface area contributed by atoms with Gasteiger partial charge in [0, 0.05) is 10.6 Å². The number of carbonyl (C=O) groups is 1. The highest BCUT2D eigenvalue weighted by atomic mass is 35.5. The Kier molecular flexibility index (Phi) is 7.88. The normalized spacial score (nSPS) is 11.0. The van der Waals surface area contributed by atoms with Gasteiger partial charge in [-0.15, -0.1) is 0 Å². The van der Waals surface area contributed by atoms with E-state index < -0.39 is 23.2 Å². The molecule has 0 radical (unpaired) electrons. The average Bonchev–Trinajstić information content (AvgIpc) is 2.79. The predicted octanol–water partition coefficient (Wildman–Crippen LogP) is 4.93. The summed E-state index contributed by atoms with van der Waals surface area (Å²) in [7, 11) is 0. The first-order chi connectivity index (χ1) is 15.5. The molecule has 3 aromatic rings. The summed E-state index contributed by atoms with van der Waals surface area (Å²) >= 11 is 6.08. The summed E-state index contributed by atoms with van der Waals surface area (Å²) < 4.78 is 33.3. The van der Waals surface area contributed by atoms with Crippen LogP contribution in [-0.2, 0) is 17.9 Å². The SMILES string of the molecule is N=C/C(=N\NCc1cc(Cl)ccc1OCc1ccccc1)C(=O)Nc1c(F)cccc1F. The third-order valence-electron chi connectivity index (χ3n) is 4.30. The van der Waals surface area contributed by atoms with Crippen LogP contribution in [0.1, 0.15) is 11.1 Å². The Morgan fingerprint density at radius 2 is 1.78 bits per heavy atom. The highest BCUT2D eigenvalue weighted by molar-refractivity contribution is 6.62. The van der Waals surface area contributed by atoms with Gasteiger partial charge in [0.25, 0.3) is 5.91 Å². The van der Waals surface area contributed by atoms with Crippen LogP contribution in [0.4, 0.5) is 14.5 Å². The number of amides is 1. The van der Waals surface area contributed by atoms with Gasteiger partial charge in [0.15, 0.2) is 5.71 Å². The van der Waals surface area contributed by atoms with E-state index in [0.29, 0.717) is 29.2 Å². The van der Waals surface area contributed by atoms with Crippen LogP contribution in [0.25, 0.3) is 0 Å². The molecule has 3 rings (SSSR count). The number of para-hydroxylation sites is 1. The van der Waals surface area contributed by atoms with Gasteiger partial charge in [-0.2, -0.15) is 5.10 Å². The summed E-state index contributed by atoms with van der Waals surface area (Å²) in [6.45, 7) is 0.477. The Morgan fingerprint density at radius 1 is 1.06 bits per heavy atom. The average molecular weight is 457 g/mol. The van der Waals surface area contributed by atoms with Gasteiger partial charge in [0.05, 0.1) is 12.8 Å². The van der Waals surface area contributed by atoms with Crippen molar-refractivity contribution in [2.24, 2.45) is 5.10 Å². The third kappa shape index (κ3) is 6.12. The summed E-state index contributed by atoms with van der Waals surface area (Å²) in [6.07, 6.45) is 0.672. The van der Waals surface area contributed by atoms with Crippen LogP contribution in [0, 0.1) is 17.0 Å². The van der Waals surface area contributed by atoms with Gasteiger partial charge in [-0.1, -0.05) is 48.0 Å². The maximum absolute atomic E-state index is 13.7. The summed E-state index contributed by atoms with van der Waals surface area (Å²) in [5.74, 6) is -2.25. The molecule has 164 valence electrons. The summed E-state index contributed by atoms with van der Waals surface area (Å²) in [4.78, 5) is 12.3. The molecular formula is C23H19ClF2N4O2. The first-order valence-electron chi connectivity index (χ1n) is 9.49. The zero-order valence-electron chi connectivity index (χ0n) is 16.7. The Labute approximate surface area is 188 Å². The molecule has 0 unspecified atom stereocenters. The predicted molar refractivity (Wildman–Crippen MR) is 120 cm³/mol. The number of anilines is 1. The van der Waals surface area contributed by atoms with Crippen molar-refractivity contribution in [2.75, 3.05) is 5.32 Å². The minimum Gasteiger partial charge on any atom is -0.489 e. The molecule has 0 aliphatic carbocycles. The molecule has 6 nitrogen and oxygen atoms in total. The lowest BCUT2D eigenvalue weighted by Gasteiger charge is -2.12. The van der Waals surface area contributed by atoms with Crippen molar-refractivity contribution in [3.8, 4) is 5.75 Å². The van der Waals surface area contributed by atoms with Gasteiger partial charge in [-0.3, -0.25) is 4.79 Å². The summed E-state index contributed by atoms with van der Waals surface area (Å²) in [5, 5.41) is 13.8. The molecule has 0 saturated carbocycles. The van der Waals surface area contributed by atoms with E-state index in [9.17, 15) is 13.6 Å². The lowest BCUT2D eigenvalue weighted by Crippen LogP contribution is -2.27. The molecule has 1 amide bonds. The van der Waals surface area contributed by atoms with Crippen LogP contribution in [0.2, 0.25) is 5.02 Å². The lowest BCUT2D eigenvalue weighted by atomic mass is 10.2. The first kappa shape index (κ1) is 22.9. The molecule has 0 fully saturated rings. The number of rotatable bonds is 9. The molecule has 9 heteroatoms. The van der Waals surface area contributed by atoms with E-state index in [4.69, 9.17) is 21.7 Å². The number of nitrogens with zero attached hydrogens (tertiary/aromatic N) is 1. The molecule has 0 aliphatic heterocycles. The fourth-order valence-electron chi connectivity index (χ4n) is 2.72. The Hall–Kier alpha value is -3.78. The van der Waals surface area contributed by atoms with Gasteiger partial charge in [-0.05, 0) is 35.9 Å². The molecule has 32 heavy (non-hydrogen) atoms. The maximum Gasteiger partial charge on any atom is 0.277 e. The lowest BCUT2D eigenvalue weighted by molar-refractivity contribution is -0.110. The van der Waals surface area contributed by atoms with E-state index in [-0.39, 0.29) is 12.3 Å². The van der Waals surface area contributed by atoms with E-state index in [1.54, 1.807) is 18.2 Å². The Morgan fingerprint density at radius 3 is 2.47 bits per heavy atom. The van der Waals surface area contributed by atoms with Crippen molar-refractivity contribution in [1.82, 2.24) is 5.43 Å². The topological polar surface area (TPSA) is 86.6 Å². The largest absolute Gasteiger partial charge is 0.489 e. The number of halogens is 3. The zero-order valence-corrected chi connectivity index (χ0v) is 17.5. The van der Waals surface area contributed by atoms with E-state index in [2.05, 4.69) is 15.8 Å². The van der Waals surface area contributed by atoms with Crippen LogP contribution in [0.5, 0.6) is 5.75 Å². The molecular weight excluding hydrogens is 438 g/mol. The van der Waals surface area contributed by atoms with Crippen LogP contribution in [0.15, 0.2) is 71.8 Å². The van der Waals surface area contributed by atoms with Crippen molar-refractivity contribution < 1.29 is 18.3 Å². The number of ether oxygens (including phenoxy) is 1. The zero-order chi connectivity index (χ0) is 22.9. The fourth-order valence-corrected chi connectivity index (χ4v) is 2.91. The molecule has 0 saturated heterocycles. The fraction of sp³-hybridized carbons (Fsp3) is 0.0870. The van der Waals surface area contributed by atoms with Crippen molar-refractivity contribution in [2.45, 2.75) is 13.2 Å². The van der Waals surface area contributed by atoms with Gasteiger partial charge < -0.3 is 20.9 Å². The standard InChI is InChI=1S/C23H19ClF2N4O2/c24-17-9-10-21(32-14-15-5-2-1-3-6-15)16(11-17)13-28-30-20(12-27)23(31)29-22-18(25)7-4-8-19(22)26/h1-12,27-28H,13-14H2,(H,29,31)/b27-12?,30-20+. The molecule has 0 aliphatic rings. The molecule has 0 bridgehead atoms. The Balaban J connectivity index is 1.67. The molecule has 0 spiro atoms. The van der Waals surface area contributed by atoms with Crippen LogP contribution < -0.4 is 15.5 Å². The smallest absolute Gasteiger partial charge is 0.277 e. The van der Waals surface area contributed by atoms with Crippen LogP contribution >= 0.6 is 11.6 Å². The van der Waals surface area contributed by atoms with Gasteiger partial charge in [0.2, 0.25) is 0 Å². The number of benzene rings is 3. The van der Waals surface area contributed by atoms with E-state index in [1.165, 1.54) is 6.07 Å². The van der Waals surface area contributed by atoms with E-state index in [0.717, 1.165) is 17.7 Å². The quantitative estimate of drug-likeness (QED) is 0.315. The highest BCUT2D eigenvalue weighted by Gasteiger charge is 2.15. The Bertz CT molecular complexity index is 1120. The number of hydrazone groups is 1. The molecule has 3 N–H and O–H groups in total.